The average Bonchev–Trinajstić information content (AvgIpc) is 3.31. The molecular formula is C21H25F3N4O2S2. The minimum Gasteiger partial charge on any atom is -0.368 e. The predicted molar refractivity (Wildman–Crippen MR) is 118 cm³/mol. The highest BCUT2D eigenvalue weighted by Crippen LogP contribution is 2.51. The lowest BCUT2D eigenvalue weighted by molar-refractivity contribution is -0.136. The fraction of sp³-hybridized carbons (Fsp3) is 0.571. The summed E-state index contributed by atoms with van der Waals surface area (Å²) < 4.78 is 67.6. The maximum atomic E-state index is 13.0. The number of rotatable bonds is 3. The van der Waals surface area contributed by atoms with Crippen molar-refractivity contribution in [3.63, 3.8) is 0 Å². The average molecular weight is 487 g/mol. The number of anilines is 1. The van der Waals surface area contributed by atoms with Gasteiger partial charge in [0.25, 0.3) is 10.2 Å². The first-order chi connectivity index (χ1) is 15.0. The number of nitrogens with zero attached hydrogens (tertiary/aromatic N) is 3. The molecule has 0 amide bonds. The number of alkyl halides is 3. The van der Waals surface area contributed by atoms with E-state index in [1.54, 1.807) is 11.3 Å². The molecule has 1 aromatic heterocycles. The third-order valence-corrected chi connectivity index (χ3v) is 9.88. The third-order valence-electron chi connectivity index (χ3n) is 7.09. The van der Waals surface area contributed by atoms with Crippen LogP contribution in [0.15, 0.2) is 24.4 Å². The van der Waals surface area contributed by atoms with E-state index in [2.05, 4.69) is 21.8 Å². The minimum absolute atomic E-state index is 0.0205. The molecule has 32 heavy (non-hydrogen) atoms. The van der Waals surface area contributed by atoms with Crippen LogP contribution in [0, 0.1) is 11.8 Å². The zero-order valence-corrected chi connectivity index (χ0v) is 19.4. The Morgan fingerprint density at radius 2 is 1.91 bits per heavy atom. The van der Waals surface area contributed by atoms with Crippen LogP contribution in [0.1, 0.15) is 24.0 Å². The van der Waals surface area contributed by atoms with Crippen LogP contribution in [0.5, 0.6) is 0 Å². The van der Waals surface area contributed by atoms with Crippen molar-refractivity contribution in [3.05, 3.63) is 35.5 Å². The van der Waals surface area contributed by atoms with Crippen molar-refractivity contribution in [1.29, 1.82) is 0 Å². The Balaban J connectivity index is 1.46. The number of thiazole rings is 1. The molecule has 6 nitrogen and oxygen atoms in total. The van der Waals surface area contributed by atoms with E-state index in [-0.39, 0.29) is 18.4 Å². The van der Waals surface area contributed by atoms with Crippen LogP contribution in [-0.4, -0.2) is 56.6 Å². The molecule has 3 aliphatic rings. The maximum absolute atomic E-state index is 13.0. The molecule has 1 saturated heterocycles. The van der Waals surface area contributed by atoms with Crippen molar-refractivity contribution >= 4 is 26.5 Å². The summed E-state index contributed by atoms with van der Waals surface area (Å²) in [7, 11) is -0.229. The summed E-state index contributed by atoms with van der Waals surface area (Å²) in [5, 5.41) is 1.97. The number of nitrogens with one attached hydrogen (secondary N) is 1. The smallest absolute Gasteiger partial charge is 0.368 e. The van der Waals surface area contributed by atoms with E-state index in [4.69, 9.17) is 0 Å². The second-order valence-electron chi connectivity index (χ2n) is 9.29. The van der Waals surface area contributed by atoms with Gasteiger partial charge < -0.3 is 4.90 Å². The van der Waals surface area contributed by atoms with Gasteiger partial charge in [-0.15, -0.1) is 0 Å². The van der Waals surface area contributed by atoms with Gasteiger partial charge in [0.2, 0.25) is 0 Å². The Labute approximate surface area is 189 Å². The number of fused-ring (bicyclic) bond motifs is 1. The molecular weight excluding hydrogens is 461 g/mol. The number of halogens is 3. The van der Waals surface area contributed by atoms with Gasteiger partial charge in [-0.1, -0.05) is 23.5 Å². The number of aromatic nitrogens is 1. The molecule has 11 heteroatoms. The molecule has 174 valence electrons. The fourth-order valence-electron chi connectivity index (χ4n) is 5.58. The van der Waals surface area contributed by atoms with Gasteiger partial charge in [-0.25, -0.2) is 4.98 Å². The highest BCUT2D eigenvalue weighted by Gasteiger charge is 2.60. The van der Waals surface area contributed by atoms with Crippen LogP contribution in [0.25, 0.3) is 10.6 Å². The van der Waals surface area contributed by atoms with Gasteiger partial charge in [0.15, 0.2) is 0 Å². The Morgan fingerprint density at radius 1 is 1.22 bits per heavy atom. The molecule has 2 heterocycles. The molecule has 0 radical (unpaired) electrons. The van der Waals surface area contributed by atoms with E-state index in [9.17, 15) is 21.6 Å². The summed E-state index contributed by atoms with van der Waals surface area (Å²) in [6.45, 7) is -1.57. The lowest BCUT2D eigenvalue weighted by Crippen LogP contribution is -2.52. The van der Waals surface area contributed by atoms with Gasteiger partial charge in [-0.3, -0.25) is 0 Å². The minimum atomic E-state index is -4.57. The van der Waals surface area contributed by atoms with Gasteiger partial charge in [0.1, 0.15) is 16.6 Å². The van der Waals surface area contributed by atoms with E-state index < -0.39 is 28.5 Å². The van der Waals surface area contributed by atoms with Crippen LogP contribution in [0.4, 0.5) is 18.2 Å². The summed E-state index contributed by atoms with van der Waals surface area (Å²) in [5.74, 6) is -0.0570. The van der Waals surface area contributed by atoms with Crippen molar-refractivity contribution in [2.24, 2.45) is 11.8 Å². The van der Waals surface area contributed by atoms with Gasteiger partial charge in [0.05, 0.1) is 11.7 Å². The Hall–Kier alpha value is -1.69. The highest BCUT2D eigenvalue weighted by atomic mass is 32.2. The molecule has 5 rings (SSSR count). The largest absolute Gasteiger partial charge is 0.402 e. The first-order valence-electron chi connectivity index (χ1n) is 10.6. The molecule has 1 spiro atoms. The number of benzene rings is 1. The molecule has 1 aliphatic heterocycles. The summed E-state index contributed by atoms with van der Waals surface area (Å²) >= 11 is 1.60. The van der Waals surface area contributed by atoms with Crippen molar-refractivity contribution in [2.75, 3.05) is 32.1 Å². The normalized spacial score (nSPS) is 29.3. The van der Waals surface area contributed by atoms with Crippen LogP contribution in [0.3, 0.4) is 0 Å². The zero-order valence-electron chi connectivity index (χ0n) is 17.8. The fourth-order valence-corrected chi connectivity index (χ4v) is 8.13. The molecule has 1 saturated carbocycles. The lowest BCUT2D eigenvalue weighted by atomic mass is 9.79. The molecule has 1 aromatic carbocycles. The Kier molecular flexibility index (Phi) is 5.12. The van der Waals surface area contributed by atoms with E-state index >= 15 is 0 Å². The molecule has 2 fully saturated rings. The Morgan fingerprint density at radius 3 is 2.53 bits per heavy atom. The van der Waals surface area contributed by atoms with Gasteiger partial charge in [0, 0.05) is 26.2 Å². The maximum Gasteiger partial charge on any atom is 0.402 e. The SMILES string of the molecule is CN(C)c1cnc(-c2ccc3c(c2)C[C@@H]2CC[C@H](C3)[C@]23CN(CC(F)(F)F)S(=O)(=O)N3)s1. The summed E-state index contributed by atoms with van der Waals surface area (Å²) in [6.07, 6.45) is 0.196. The van der Waals surface area contributed by atoms with Crippen LogP contribution >= 0.6 is 11.3 Å². The number of hydrogen-bond acceptors (Lipinski definition) is 5. The Bertz CT molecular complexity index is 1150. The van der Waals surface area contributed by atoms with Crippen LogP contribution < -0.4 is 9.62 Å². The quantitative estimate of drug-likeness (QED) is 0.722. The van der Waals surface area contributed by atoms with Crippen molar-refractivity contribution in [2.45, 2.75) is 37.4 Å². The topological polar surface area (TPSA) is 65.5 Å². The molecule has 1 N–H and O–H groups in total. The summed E-state index contributed by atoms with van der Waals surface area (Å²) in [4.78, 5) is 6.54. The van der Waals surface area contributed by atoms with Gasteiger partial charge in [-0.05, 0) is 54.7 Å². The van der Waals surface area contributed by atoms with Crippen molar-refractivity contribution in [3.8, 4) is 10.6 Å². The molecule has 0 unspecified atom stereocenters. The highest BCUT2D eigenvalue weighted by molar-refractivity contribution is 7.87. The van der Waals surface area contributed by atoms with Gasteiger partial charge in [-0.2, -0.15) is 30.6 Å². The van der Waals surface area contributed by atoms with Gasteiger partial charge >= 0.3 is 6.18 Å². The first-order valence-corrected chi connectivity index (χ1v) is 12.8. The second-order valence-corrected chi connectivity index (χ2v) is 12.0. The molecule has 3 atom stereocenters. The lowest BCUT2D eigenvalue weighted by Gasteiger charge is -2.33. The zero-order chi connectivity index (χ0) is 22.9. The van der Waals surface area contributed by atoms with E-state index in [1.165, 1.54) is 0 Å². The predicted octanol–water partition coefficient (Wildman–Crippen LogP) is 3.45. The summed E-state index contributed by atoms with van der Waals surface area (Å²) in [5.41, 5.74) is 2.46. The molecule has 2 aliphatic carbocycles. The van der Waals surface area contributed by atoms with Crippen molar-refractivity contribution in [1.82, 2.24) is 14.0 Å². The van der Waals surface area contributed by atoms with Crippen molar-refractivity contribution < 1.29 is 21.6 Å². The standard InChI is InChI=1S/C21H25F3N4O2S2/c1-27(2)18-10-25-19(31-18)14-4-3-13-8-16-5-6-17(9-15(13)7-14)20(16)11-28(12-21(22,23)24)32(29,30)26-20/h3-4,7,10,16-17,26H,5-6,8-9,11-12H2,1-2H3/t16-,17+,20-/m1/s1. The number of hydrogen-bond donors (Lipinski definition) is 1. The first kappa shape index (κ1) is 22.1. The van der Waals surface area contributed by atoms with Crippen LogP contribution in [0.2, 0.25) is 0 Å². The summed E-state index contributed by atoms with van der Waals surface area (Å²) in [6, 6.07) is 6.24. The molecule has 2 aromatic rings. The third kappa shape index (κ3) is 3.72. The monoisotopic (exact) mass is 486 g/mol. The molecule has 2 bridgehead atoms. The second kappa shape index (κ2) is 7.41. The van der Waals surface area contributed by atoms with Crippen LogP contribution in [-0.2, 0) is 23.1 Å². The van der Waals surface area contributed by atoms with E-state index in [0.717, 1.165) is 39.5 Å². The van der Waals surface area contributed by atoms with E-state index in [1.807, 2.05) is 31.3 Å². The van der Waals surface area contributed by atoms with E-state index in [0.29, 0.717) is 17.1 Å².